The summed E-state index contributed by atoms with van der Waals surface area (Å²) in [5.74, 6) is 7.79. The maximum atomic E-state index is 5.34. The van der Waals surface area contributed by atoms with Crippen LogP contribution in [-0.2, 0) is 35.2 Å². The number of hydrogen-bond acceptors (Lipinski definition) is 10. The normalized spacial score (nSPS) is 9.68. The first-order valence-corrected chi connectivity index (χ1v) is 39.9. The second kappa shape index (κ2) is 63.4. The lowest BCUT2D eigenvalue weighted by Gasteiger charge is -2.09. The highest BCUT2D eigenvalue weighted by Gasteiger charge is 2.09. The maximum absolute atomic E-state index is 5.34. The smallest absolute Gasteiger partial charge is 0.122 e. The minimum Gasteiger partial charge on any atom is -0.496 e. The van der Waals surface area contributed by atoms with Crippen molar-refractivity contribution >= 4 is 43.1 Å². The van der Waals surface area contributed by atoms with Crippen LogP contribution in [0.4, 0.5) is 0 Å². The molecule has 0 atom stereocenters. The molecule has 0 aliphatic rings. The Hall–Kier alpha value is -10.0. The van der Waals surface area contributed by atoms with Gasteiger partial charge in [-0.1, -0.05) is 318 Å². The largest absolute Gasteiger partial charge is 0.496 e. The summed E-state index contributed by atoms with van der Waals surface area (Å²) >= 11 is 0. The molecule has 0 heterocycles. The Morgan fingerprint density at radius 1 is 0.193 bits per heavy atom. The van der Waals surface area contributed by atoms with Crippen LogP contribution in [0.3, 0.4) is 0 Å². The minimum absolute atomic E-state index is 0.500. The van der Waals surface area contributed by atoms with Gasteiger partial charge in [-0.2, -0.15) is 0 Å². The van der Waals surface area contributed by atoms with E-state index in [0.29, 0.717) is 10.8 Å². The van der Waals surface area contributed by atoms with Gasteiger partial charge in [0, 0.05) is 50.7 Å². The molecule has 12 aromatic carbocycles. The summed E-state index contributed by atoms with van der Waals surface area (Å²) in [6.07, 6.45) is 6.52. The van der Waals surface area contributed by atoms with Crippen molar-refractivity contribution in [1.82, 2.24) is 0 Å². The van der Waals surface area contributed by atoms with Crippen LogP contribution < -0.4 is 37.9 Å². The van der Waals surface area contributed by atoms with Crippen LogP contribution in [0.5, 0.6) is 46.0 Å². The summed E-state index contributed by atoms with van der Waals surface area (Å²) in [7, 11) is 20.1. The second-order valence-corrected chi connectivity index (χ2v) is 29.4. The predicted molar refractivity (Wildman–Crippen MR) is 498 cm³/mol. The first-order valence-electron chi connectivity index (χ1n) is 39.9. The lowest BCUT2D eigenvalue weighted by atomic mass is 10.0. The van der Waals surface area contributed by atoms with Gasteiger partial charge in [-0.05, 0) is 178 Å². The quantitative estimate of drug-likeness (QED) is 0.118. The molecule has 0 unspecified atom stereocenters. The Bertz CT molecular complexity index is 3850. The van der Waals surface area contributed by atoms with Crippen molar-refractivity contribution in [2.45, 2.75) is 177 Å². The summed E-state index contributed by atoms with van der Waals surface area (Å²) in [5, 5.41) is 10.3. The standard InChI is InChI=1S/4C13H14O.4C8H10O.2C5H12.2C3H8.2C2H6O/c4*1-3-11-12-7-5-4-6-10(12)8-9-13(11)14-2;4*1-7-5-3-4-6-8(7)9-2;2*1-5(2,3)4;4*1-3-2/h4*4-9H,3H2,1-2H3;4*3-6H,1-2H3;2*1-4H3;2*3H2,1-2H3;2*1-2H3. The Balaban J connectivity index is 0. The van der Waals surface area contributed by atoms with E-state index >= 15 is 0 Å². The molecule has 12 aromatic rings. The molecule has 114 heavy (non-hydrogen) atoms. The molecule has 0 aliphatic carbocycles. The molecule has 624 valence electrons. The molecule has 0 spiro atoms. The van der Waals surface area contributed by atoms with Gasteiger partial charge in [0.25, 0.3) is 0 Å². The van der Waals surface area contributed by atoms with Gasteiger partial charge >= 0.3 is 0 Å². The summed E-state index contributed by atoms with van der Waals surface area (Å²) in [6, 6.07) is 82.0. The number of hydrogen-bond donors (Lipinski definition) is 0. The van der Waals surface area contributed by atoms with E-state index in [1.54, 1.807) is 85.3 Å². The first kappa shape index (κ1) is 106. The summed E-state index contributed by atoms with van der Waals surface area (Å²) in [5.41, 5.74) is 10.9. The minimum atomic E-state index is 0.500. The fourth-order valence-electron chi connectivity index (χ4n) is 10.6. The van der Waals surface area contributed by atoms with Crippen LogP contribution in [0, 0.1) is 38.5 Å². The van der Waals surface area contributed by atoms with E-state index in [1.807, 2.05) is 149 Å². The fraction of sp³-hybridized carbons (Fsp3) is 0.385. The Kier molecular flexibility index (Phi) is 59.0. The van der Waals surface area contributed by atoms with Gasteiger partial charge in [-0.15, -0.1) is 0 Å². The number of para-hydroxylation sites is 4. The average molecular weight is 1560 g/mol. The highest BCUT2D eigenvalue weighted by atomic mass is 16.5. The van der Waals surface area contributed by atoms with Gasteiger partial charge in [0.15, 0.2) is 0 Å². The maximum Gasteiger partial charge on any atom is 0.122 e. The third-order valence-corrected chi connectivity index (χ3v) is 15.5. The van der Waals surface area contributed by atoms with E-state index in [2.05, 4.69) is 242 Å². The van der Waals surface area contributed by atoms with Gasteiger partial charge < -0.3 is 47.4 Å². The number of ether oxygens (including phenoxy) is 10. The molecular formula is C104H148O10. The van der Waals surface area contributed by atoms with Crippen molar-refractivity contribution < 1.29 is 47.4 Å². The molecule has 0 N–H and O–H groups in total. The Morgan fingerprint density at radius 3 is 0.447 bits per heavy atom. The topological polar surface area (TPSA) is 92.3 Å². The highest BCUT2D eigenvalue weighted by Crippen LogP contribution is 2.32. The van der Waals surface area contributed by atoms with Gasteiger partial charge in [0.05, 0.1) is 56.9 Å². The molecule has 0 radical (unpaired) electrons. The monoisotopic (exact) mass is 1560 g/mol. The third-order valence-electron chi connectivity index (χ3n) is 15.5. The molecule has 0 bridgehead atoms. The number of rotatable bonds is 12. The van der Waals surface area contributed by atoms with Crippen LogP contribution in [0.2, 0.25) is 0 Å². The molecular weight excluding hydrogens is 1410 g/mol. The van der Waals surface area contributed by atoms with Gasteiger partial charge in [-0.3, -0.25) is 0 Å². The van der Waals surface area contributed by atoms with Crippen molar-refractivity contribution in [2.24, 2.45) is 10.8 Å². The van der Waals surface area contributed by atoms with E-state index in [-0.39, 0.29) is 0 Å². The van der Waals surface area contributed by atoms with Crippen molar-refractivity contribution in [3.05, 3.63) is 287 Å². The van der Waals surface area contributed by atoms with E-state index in [4.69, 9.17) is 37.9 Å². The molecule has 0 amide bonds. The van der Waals surface area contributed by atoms with Crippen molar-refractivity contribution in [3.63, 3.8) is 0 Å². The molecule has 0 saturated heterocycles. The molecule has 12 rings (SSSR count). The lowest BCUT2D eigenvalue weighted by molar-refractivity contribution is 0.277. The SMILES string of the molecule is CC(C)(C)C.CC(C)(C)C.CCC.CCC.CCc1c(OC)ccc2ccccc12.CCc1c(OC)ccc2ccccc12.CCc1c(OC)ccc2ccccc12.CCc1c(OC)ccc2ccccc12.COC.COC.COc1ccccc1C.COc1ccccc1C.COc1ccccc1C.COc1ccccc1C. The van der Waals surface area contributed by atoms with Gasteiger partial charge in [-0.25, -0.2) is 0 Å². The Labute approximate surface area is 692 Å². The van der Waals surface area contributed by atoms with Crippen LogP contribution in [0.25, 0.3) is 43.1 Å². The predicted octanol–water partition coefficient (Wildman–Crippen LogP) is 29.1. The average Bonchev–Trinajstić information content (AvgIpc) is 0.829. The summed E-state index contributed by atoms with van der Waals surface area (Å²) in [6.45, 7) is 42.7. The third kappa shape index (κ3) is 43.9. The van der Waals surface area contributed by atoms with Crippen LogP contribution >= 0.6 is 0 Å². The zero-order valence-corrected chi connectivity index (χ0v) is 76.4. The Morgan fingerprint density at radius 2 is 0.325 bits per heavy atom. The van der Waals surface area contributed by atoms with E-state index in [9.17, 15) is 0 Å². The van der Waals surface area contributed by atoms with E-state index in [1.165, 1.54) is 100 Å². The van der Waals surface area contributed by atoms with Crippen LogP contribution in [0.15, 0.2) is 243 Å². The number of methoxy groups -OCH3 is 10. The number of aryl methyl sites for hydroxylation is 8. The van der Waals surface area contributed by atoms with E-state index in [0.717, 1.165) is 71.7 Å². The van der Waals surface area contributed by atoms with Gasteiger partial charge in [0.1, 0.15) is 46.0 Å². The van der Waals surface area contributed by atoms with Crippen LogP contribution in [0.1, 0.15) is 168 Å². The summed E-state index contributed by atoms with van der Waals surface area (Å²) < 4.78 is 50.1. The van der Waals surface area contributed by atoms with E-state index < -0.39 is 0 Å². The molecule has 0 aliphatic heterocycles. The fourth-order valence-corrected chi connectivity index (χ4v) is 10.6. The van der Waals surface area contributed by atoms with Crippen molar-refractivity contribution in [1.29, 1.82) is 0 Å². The molecule has 0 aromatic heterocycles. The molecule has 0 saturated carbocycles. The highest BCUT2D eigenvalue weighted by molar-refractivity contribution is 5.90. The molecule has 10 nitrogen and oxygen atoms in total. The number of benzene rings is 12. The summed E-state index contributed by atoms with van der Waals surface area (Å²) in [4.78, 5) is 0. The molecule has 10 heteroatoms. The van der Waals surface area contributed by atoms with Crippen molar-refractivity contribution in [3.8, 4) is 46.0 Å². The van der Waals surface area contributed by atoms with Crippen LogP contribution in [-0.4, -0.2) is 85.3 Å². The zero-order valence-electron chi connectivity index (χ0n) is 76.4. The van der Waals surface area contributed by atoms with Gasteiger partial charge in [0.2, 0.25) is 0 Å². The first-order chi connectivity index (χ1) is 54.5. The molecule has 0 fully saturated rings. The lowest BCUT2D eigenvalue weighted by Crippen LogP contribution is -1.93. The second-order valence-electron chi connectivity index (χ2n) is 29.4. The zero-order chi connectivity index (χ0) is 86.5. The number of fused-ring (bicyclic) bond motifs is 4. The van der Waals surface area contributed by atoms with Crippen molar-refractivity contribution in [2.75, 3.05) is 85.3 Å².